The molecule has 0 saturated carbocycles. The van der Waals surface area contributed by atoms with E-state index in [1.807, 2.05) is 0 Å². The lowest BCUT2D eigenvalue weighted by atomic mass is 10.2. The number of epoxide rings is 1. The van der Waals surface area contributed by atoms with Crippen LogP contribution in [0, 0.1) is 0 Å². The third kappa shape index (κ3) is 0.748. The summed E-state index contributed by atoms with van der Waals surface area (Å²) in [5, 5.41) is 0. The van der Waals surface area contributed by atoms with Crippen LogP contribution in [0.15, 0.2) is 0 Å². The first-order valence-electron chi connectivity index (χ1n) is 2.37. The molecule has 0 atom stereocenters. The molecule has 7 heavy (non-hydrogen) atoms. The summed E-state index contributed by atoms with van der Waals surface area (Å²) in [7, 11) is 0. The maximum Gasteiger partial charge on any atom is 0.116 e. The molecule has 1 fully saturated rings. The average molecular weight is 102 g/mol. The van der Waals surface area contributed by atoms with Crippen LogP contribution < -0.4 is 11.5 Å². The fourth-order valence-electron chi connectivity index (χ4n) is 0.421. The van der Waals surface area contributed by atoms with Gasteiger partial charge >= 0.3 is 0 Å². The Kier molecular flexibility index (Phi) is 1.03. The minimum absolute atomic E-state index is 0.111. The van der Waals surface area contributed by atoms with E-state index in [1.54, 1.807) is 0 Å². The van der Waals surface area contributed by atoms with Crippen LogP contribution in [0.1, 0.15) is 0 Å². The smallest absolute Gasteiger partial charge is 0.116 e. The molecule has 1 aliphatic heterocycles. The van der Waals surface area contributed by atoms with E-state index < -0.39 is 0 Å². The summed E-state index contributed by atoms with van der Waals surface area (Å²) < 4.78 is 4.94. The first-order chi connectivity index (χ1) is 3.33. The van der Waals surface area contributed by atoms with E-state index in [4.69, 9.17) is 16.2 Å². The molecule has 1 saturated heterocycles. The van der Waals surface area contributed by atoms with Crippen molar-refractivity contribution in [2.75, 3.05) is 19.7 Å². The van der Waals surface area contributed by atoms with Gasteiger partial charge in [0.2, 0.25) is 0 Å². The van der Waals surface area contributed by atoms with Gasteiger partial charge < -0.3 is 16.2 Å². The van der Waals surface area contributed by atoms with E-state index in [1.165, 1.54) is 0 Å². The fourth-order valence-corrected chi connectivity index (χ4v) is 0.421. The van der Waals surface area contributed by atoms with Gasteiger partial charge in [-0.1, -0.05) is 0 Å². The summed E-state index contributed by atoms with van der Waals surface area (Å²) in [6.07, 6.45) is 0. The highest BCUT2D eigenvalue weighted by Gasteiger charge is 2.41. The minimum atomic E-state index is -0.111. The summed E-state index contributed by atoms with van der Waals surface area (Å²) in [4.78, 5) is 0. The van der Waals surface area contributed by atoms with E-state index in [0.29, 0.717) is 13.1 Å². The van der Waals surface area contributed by atoms with Crippen LogP contribution in [0.2, 0.25) is 0 Å². The Morgan fingerprint density at radius 2 is 1.86 bits per heavy atom. The van der Waals surface area contributed by atoms with Crippen molar-refractivity contribution in [2.45, 2.75) is 5.60 Å². The molecule has 0 radical (unpaired) electrons. The van der Waals surface area contributed by atoms with Crippen molar-refractivity contribution in [2.24, 2.45) is 11.5 Å². The van der Waals surface area contributed by atoms with Gasteiger partial charge in [-0.3, -0.25) is 0 Å². The molecule has 0 bridgehead atoms. The summed E-state index contributed by atoms with van der Waals surface area (Å²) >= 11 is 0. The second kappa shape index (κ2) is 1.43. The van der Waals surface area contributed by atoms with Crippen molar-refractivity contribution in [3.8, 4) is 0 Å². The van der Waals surface area contributed by atoms with Crippen molar-refractivity contribution < 1.29 is 4.74 Å². The lowest BCUT2D eigenvalue weighted by molar-refractivity contribution is 0.316. The summed E-state index contributed by atoms with van der Waals surface area (Å²) in [6, 6.07) is 0. The molecule has 0 unspecified atom stereocenters. The molecule has 1 rings (SSSR count). The lowest BCUT2D eigenvalue weighted by Crippen LogP contribution is -2.32. The zero-order valence-corrected chi connectivity index (χ0v) is 4.18. The van der Waals surface area contributed by atoms with Gasteiger partial charge in [0, 0.05) is 13.1 Å². The second-order valence-corrected chi connectivity index (χ2v) is 1.88. The predicted molar refractivity (Wildman–Crippen MR) is 26.8 cm³/mol. The Hall–Kier alpha value is -0.120. The fraction of sp³-hybridized carbons (Fsp3) is 1.00. The standard InChI is InChI=1S/C4H10N2O/c5-1-4(2-6)3-7-4/h1-3,5-6H2. The van der Waals surface area contributed by atoms with Gasteiger partial charge in [-0.25, -0.2) is 0 Å². The van der Waals surface area contributed by atoms with Crippen molar-refractivity contribution >= 4 is 0 Å². The number of rotatable bonds is 2. The average Bonchev–Trinajstić information content (AvgIpc) is 2.46. The molecule has 3 nitrogen and oxygen atoms in total. The molecule has 3 heteroatoms. The number of hydrogen-bond donors (Lipinski definition) is 2. The first kappa shape index (κ1) is 5.03. The molecule has 0 spiro atoms. The highest BCUT2D eigenvalue weighted by atomic mass is 16.6. The van der Waals surface area contributed by atoms with Crippen LogP contribution in [0.4, 0.5) is 0 Å². The Morgan fingerprint density at radius 3 is 1.86 bits per heavy atom. The van der Waals surface area contributed by atoms with Crippen LogP contribution >= 0.6 is 0 Å². The highest BCUT2D eigenvalue weighted by Crippen LogP contribution is 2.22. The molecule has 0 aromatic heterocycles. The Labute approximate surface area is 42.6 Å². The van der Waals surface area contributed by atoms with Crippen molar-refractivity contribution in [3.05, 3.63) is 0 Å². The second-order valence-electron chi connectivity index (χ2n) is 1.88. The van der Waals surface area contributed by atoms with Gasteiger partial charge in [0.1, 0.15) is 5.60 Å². The Balaban J connectivity index is 2.28. The molecular weight excluding hydrogens is 92.1 g/mol. The van der Waals surface area contributed by atoms with Crippen LogP contribution in [0.25, 0.3) is 0 Å². The monoisotopic (exact) mass is 102 g/mol. The maximum absolute atomic E-state index is 5.27. The molecule has 0 aromatic carbocycles. The van der Waals surface area contributed by atoms with Crippen molar-refractivity contribution in [1.82, 2.24) is 0 Å². The molecule has 42 valence electrons. The van der Waals surface area contributed by atoms with E-state index in [9.17, 15) is 0 Å². The summed E-state index contributed by atoms with van der Waals surface area (Å²) in [6.45, 7) is 1.87. The largest absolute Gasteiger partial charge is 0.367 e. The molecule has 0 aromatic rings. The van der Waals surface area contributed by atoms with Crippen LogP contribution in [-0.2, 0) is 4.74 Å². The van der Waals surface area contributed by atoms with Gasteiger partial charge in [-0.2, -0.15) is 0 Å². The first-order valence-corrected chi connectivity index (χ1v) is 2.37. The summed E-state index contributed by atoms with van der Waals surface area (Å²) in [5.41, 5.74) is 10.4. The van der Waals surface area contributed by atoms with Crippen molar-refractivity contribution in [1.29, 1.82) is 0 Å². The van der Waals surface area contributed by atoms with Crippen LogP contribution in [-0.4, -0.2) is 25.3 Å². The van der Waals surface area contributed by atoms with E-state index >= 15 is 0 Å². The minimum Gasteiger partial charge on any atom is -0.367 e. The Bertz CT molecular complexity index is 64.1. The van der Waals surface area contributed by atoms with E-state index in [-0.39, 0.29) is 5.60 Å². The molecule has 4 N–H and O–H groups in total. The normalized spacial score (nSPS) is 24.9. The predicted octanol–water partition coefficient (Wildman–Crippen LogP) is -1.33. The van der Waals surface area contributed by atoms with Gasteiger partial charge in [0.15, 0.2) is 0 Å². The zero-order chi connectivity index (χ0) is 5.33. The van der Waals surface area contributed by atoms with Gasteiger partial charge in [-0.15, -0.1) is 0 Å². The third-order valence-corrected chi connectivity index (χ3v) is 1.30. The quantitative estimate of drug-likeness (QED) is 0.425. The van der Waals surface area contributed by atoms with Gasteiger partial charge in [0.05, 0.1) is 6.61 Å². The van der Waals surface area contributed by atoms with Crippen molar-refractivity contribution in [3.63, 3.8) is 0 Å². The Morgan fingerprint density at radius 1 is 1.43 bits per heavy atom. The highest BCUT2D eigenvalue weighted by molar-refractivity contribution is 4.93. The molecule has 0 aliphatic carbocycles. The van der Waals surface area contributed by atoms with Gasteiger partial charge in [-0.05, 0) is 0 Å². The third-order valence-electron chi connectivity index (χ3n) is 1.30. The molecule has 1 aliphatic rings. The van der Waals surface area contributed by atoms with E-state index in [0.717, 1.165) is 6.61 Å². The van der Waals surface area contributed by atoms with Gasteiger partial charge in [0.25, 0.3) is 0 Å². The SMILES string of the molecule is NCC1(CN)CO1. The van der Waals surface area contributed by atoms with Crippen LogP contribution in [0.3, 0.4) is 0 Å². The van der Waals surface area contributed by atoms with Crippen LogP contribution in [0.5, 0.6) is 0 Å². The topological polar surface area (TPSA) is 64.6 Å². The number of ether oxygens (including phenoxy) is 1. The molecule has 1 heterocycles. The lowest BCUT2D eigenvalue weighted by Gasteiger charge is -2.00. The maximum atomic E-state index is 5.27. The zero-order valence-electron chi connectivity index (χ0n) is 4.18. The molecule has 0 amide bonds. The number of nitrogens with two attached hydrogens (primary N) is 2. The molecular formula is C4H10N2O. The summed E-state index contributed by atoms with van der Waals surface area (Å²) in [5.74, 6) is 0. The number of hydrogen-bond acceptors (Lipinski definition) is 3. The van der Waals surface area contributed by atoms with E-state index in [2.05, 4.69) is 0 Å².